The Morgan fingerprint density at radius 1 is 1.15 bits per heavy atom. The average molecular weight is 375 g/mol. The quantitative estimate of drug-likeness (QED) is 0.451. The zero-order chi connectivity index (χ0) is 13.9. The van der Waals surface area contributed by atoms with Crippen molar-refractivity contribution < 1.29 is 9.47 Å². The molecule has 1 heterocycles. The summed E-state index contributed by atoms with van der Waals surface area (Å²) in [4.78, 5) is 0. The second kappa shape index (κ2) is 5.55. The van der Waals surface area contributed by atoms with Gasteiger partial charge in [0.15, 0.2) is 11.5 Å². The van der Waals surface area contributed by atoms with Gasteiger partial charge in [0.25, 0.3) is 0 Å². The van der Waals surface area contributed by atoms with Gasteiger partial charge in [-0.15, -0.1) is 0 Å². The second-order valence-electron chi connectivity index (χ2n) is 4.29. The van der Waals surface area contributed by atoms with Crippen LogP contribution in [0.1, 0.15) is 11.1 Å². The molecule has 2 aromatic carbocycles. The molecule has 0 radical (unpaired) electrons. The van der Waals surface area contributed by atoms with E-state index in [0.717, 1.165) is 20.4 Å². The van der Waals surface area contributed by atoms with Crippen molar-refractivity contribution in [1.29, 1.82) is 5.26 Å². The van der Waals surface area contributed by atoms with E-state index in [1.54, 1.807) is 0 Å². The molecule has 0 bridgehead atoms. The molecule has 0 saturated carbocycles. The lowest BCUT2D eigenvalue weighted by molar-refractivity contribution is 0.174. The van der Waals surface area contributed by atoms with E-state index in [0.29, 0.717) is 11.3 Å². The summed E-state index contributed by atoms with van der Waals surface area (Å²) in [6.45, 7) is 0.237. The molecule has 3 rings (SSSR count). The summed E-state index contributed by atoms with van der Waals surface area (Å²) in [5.41, 5.74) is 2.44. The molecule has 20 heavy (non-hydrogen) atoms. The van der Waals surface area contributed by atoms with E-state index >= 15 is 0 Å². The third-order valence-corrected chi connectivity index (χ3v) is 3.63. The maximum atomic E-state index is 9.37. The molecular weight excluding hydrogens is 365 g/mol. The van der Waals surface area contributed by atoms with Crippen molar-refractivity contribution >= 4 is 34.2 Å². The molecule has 98 valence electrons. The summed E-state index contributed by atoms with van der Waals surface area (Å²) in [6.07, 6.45) is 1.87. The van der Waals surface area contributed by atoms with Crippen LogP contribution in [0.4, 0.5) is 0 Å². The van der Waals surface area contributed by atoms with Gasteiger partial charge in [-0.05, 0) is 70.1 Å². The van der Waals surface area contributed by atoms with Crippen LogP contribution in [0, 0.1) is 14.9 Å². The standard InChI is InChI=1S/C16H10INO2/c17-14-3-1-2-11(7-14)6-13(9-18)12-4-5-15-16(8-12)20-10-19-15/h1-8H,10H2/b13-6-. The number of halogens is 1. The van der Waals surface area contributed by atoms with E-state index in [1.807, 2.05) is 48.5 Å². The number of ether oxygens (including phenoxy) is 2. The predicted octanol–water partition coefficient (Wildman–Crippen LogP) is 4.08. The fourth-order valence-corrected chi connectivity index (χ4v) is 2.57. The minimum absolute atomic E-state index is 0.237. The van der Waals surface area contributed by atoms with E-state index in [4.69, 9.17) is 9.47 Å². The molecule has 0 saturated heterocycles. The summed E-state index contributed by atoms with van der Waals surface area (Å²) in [7, 11) is 0. The molecule has 0 atom stereocenters. The fraction of sp³-hybridized carbons (Fsp3) is 0.0625. The molecule has 0 aliphatic carbocycles. The van der Waals surface area contributed by atoms with Gasteiger partial charge in [0.05, 0.1) is 11.6 Å². The van der Waals surface area contributed by atoms with Crippen molar-refractivity contribution in [3.05, 3.63) is 57.2 Å². The first kappa shape index (κ1) is 13.0. The average Bonchev–Trinajstić information content (AvgIpc) is 2.92. The van der Waals surface area contributed by atoms with Crippen LogP contribution in [0.3, 0.4) is 0 Å². The second-order valence-corrected chi connectivity index (χ2v) is 5.54. The Morgan fingerprint density at radius 3 is 2.80 bits per heavy atom. The molecule has 0 fully saturated rings. The molecule has 2 aromatic rings. The number of nitriles is 1. The normalized spacial score (nSPS) is 13.1. The number of hydrogen-bond donors (Lipinski definition) is 0. The third kappa shape index (κ3) is 2.63. The Bertz CT molecular complexity index is 731. The van der Waals surface area contributed by atoms with Crippen molar-refractivity contribution in [3.63, 3.8) is 0 Å². The number of rotatable bonds is 2. The van der Waals surface area contributed by atoms with Crippen molar-refractivity contribution in [2.24, 2.45) is 0 Å². The summed E-state index contributed by atoms with van der Waals surface area (Å²) < 4.78 is 11.8. The van der Waals surface area contributed by atoms with Crippen molar-refractivity contribution in [2.45, 2.75) is 0 Å². The Kier molecular flexibility index (Phi) is 3.61. The van der Waals surface area contributed by atoms with Gasteiger partial charge in [0.2, 0.25) is 6.79 Å². The van der Waals surface area contributed by atoms with E-state index in [1.165, 1.54) is 0 Å². The van der Waals surface area contributed by atoms with Gasteiger partial charge in [-0.25, -0.2) is 0 Å². The first-order chi connectivity index (χ1) is 9.76. The molecular formula is C16H10INO2. The highest BCUT2D eigenvalue weighted by Gasteiger charge is 2.14. The molecule has 0 amide bonds. The largest absolute Gasteiger partial charge is 0.454 e. The number of hydrogen-bond acceptors (Lipinski definition) is 3. The van der Waals surface area contributed by atoms with E-state index in [2.05, 4.69) is 28.7 Å². The fourth-order valence-electron chi connectivity index (χ4n) is 2.01. The van der Waals surface area contributed by atoms with Gasteiger partial charge in [-0.3, -0.25) is 0 Å². The van der Waals surface area contributed by atoms with Gasteiger partial charge < -0.3 is 9.47 Å². The SMILES string of the molecule is N#C/C(=C/c1cccc(I)c1)c1ccc2c(c1)OCO2. The first-order valence-electron chi connectivity index (χ1n) is 6.03. The lowest BCUT2D eigenvalue weighted by Crippen LogP contribution is -1.92. The van der Waals surface area contributed by atoms with Crippen LogP contribution in [0.5, 0.6) is 11.5 Å². The van der Waals surface area contributed by atoms with E-state index in [9.17, 15) is 5.26 Å². The number of allylic oxidation sites excluding steroid dienone is 1. The topological polar surface area (TPSA) is 42.2 Å². The molecule has 3 nitrogen and oxygen atoms in total. The molecule has 0 aromatic heterocycles. The lowest BCUT2D eigenvalue weighted by atomic mass is 10.0. The van der Waals surface area contributed by atoms with E-state index < -0.39 is 0 Å². The van der Waals surface area contributed by atoms with Gasteiger partial charge in [-0.1, -0.05) is 12.1 Å². The first-order valence-corrected chi connectivity index (χ1v) is 7.11. The Morgan fingerprint density at radius 2 is 2.00 bits per heavy atom. The number of nitrogens with zero attached hydrogens (tertiary/aromatic N) is 1. The van der Waals surface area contributed by atoms with Crippen LogP contribution in [-0.2, 0) is 0 Å². The van der Waals surface area contributed by atoms with Gasteiger partial charge in [0, 0.05) is 3.57 Å². The zero-order valence-electron chi connectivity index (χ0n) is 10.5. The van der Waals surface area contributed by atoms with Crippen molar-refractivity contribution in [1.82, 2.24) is 0 Å². The predicted molar refractivity (Wildman–Crippen MR) is 85.2 cm³/mol. The summed E-state index contributed by atoms with van der Waals surface area (Å²) >= 11 is 2.25. The Labute approximate surface area is 130 Å². The van der Waals surface area contributed by atoms with Crippen LogP contribution >= 0.6 is 22.6 Å². The van der Waals surface area contributed by atoms with Gasteiger partial charge >= 0.3 is 0 Å². The monoisotopic (exact) mass is 375 g/mol. The molecule has 0 spiro atoms. The van der Waals surface area contributed by atoms with E-state index in [-0.39, 0.29) is 6.79 Å². The minimum Gasteiger partial charge on any atom is -0.454 e. The Balaban J connectivity index is 2.00. The highest BCUT2D eigenvalue weighted by atomic mass is 127. The zero-order valence-corrected chi connectivity index (χ0v) is 12.6. The minimum atomic E-state index is 0.237. The number of fused-ring (bicyclic) bond motifs is 1. The lowest BCUT2D eigenvalue weighted by Gasteiger charge is -2.02. The summed E-state index contributed by atoms with van der Waals surface area (Å²) in [5, 5.41) is 9.37. The van der Waals surface area contributed by atoms with Crippen molar-refractivity contribution in [3.8, 4) is 17.6 Å². The molecule has 4 heteroatoms. The molecule has 1 aliphatic rings. The van der Waals surface area contributed by atoms with Gasteiger partial charge in [0.1, 0.15) is 0 Å². The maximum Gasteiger partial charge on any atom is 0.231 e. The highest BCUT2D eigenvalue weighted by Crippen LogP contribution is 2.34. The summed E-state index contributed by atoms with van der Waals surface area (Å²) in [5.74, 6) is 1.41. The van der Waals surface area contributed by atoms with Crippen LogP contribution in [0.25, 0.3) is 11.6 Å². The van der Waals surface area contributed by atoms with Crippen LogP contribution in [-0.4, -0.2) is 6.79 Å². The van der Waals surface area contributed by atoms with Crippen LogP contribution in [0.15, 0.2) is 42.5 Å². The smallest absolute Gasteiger partial charge is 0.231 e. The summed E-state index contributed by atoms with van der Waals surface area (Å²) in [6, 6.07) is 15.8. The van der Waals surface area contributed by atoms with Crippen LogP contribution < -0.4 is 9.47 Å². The molecule has 1 aliphatic heterocycles. The van der Waals surface area contributed by atoms with Gasteiger partial charge in [-0.2, -0.15) is 5.26 Å². The highest BCUT2D eigenvalue weighted by molar-refractivity contribution is 14.1. The third-order valence-electron chi connectivity index (χ3n) is 2.96. The van der Waals surface area contributed by atoms with Crippen LogP contribution in [0.2, 0.25) is 0 Å². The molecule has 0 unspecified atom stereocenters. The van der Waals surface area contributed by atoms with Crippen molar-refractivity contribution in [2.75, 3.05) is 6.79 Å². The maximum absolute atomic E-state index is 9.37. The Hall–Kier alpha value is -2.00. The number of benzene rings is 2. The molecule has 0 N–H and O–H groups in total.